The summed E-state index contributed by atoms with van der Waals surface area (Å²) in [5, 5.41) is 17.9. The van der Waals surface area contributed by atoms with Crippen LogP contribution in [0.2, 0.25) is 0 Å². The van der Waals surface area contributed by atoms with Gasteiger partial charge in [0.05, 0.1) is 5.69 Å². The van der Waals surface area contributed by atoms with E-state index in [1.165, 1.54) is 10.6 Å². The summed E-state index contributed by atoms with van der Waals surface area (Å²) in [6, 6.07) is 12.2. The highest BCUT2D eigenvalue weighted by Gasteiger charge is 2.14. The number of aliphatic hydroxyl groups excluding tert-OH is 1. The molecule has 0 aliphatic heterocycles. The molecule has 0 unspecified atom stereocenters. The van der Waals surface area contributed by atoms with E-state index in [2.05, 4.69) is 0 Å². The highest BCUT2D eigenvalue weighted by Crippen LogP contribution is 2.18. The van der Waals surface area contributed by atoms with Crippen LogP contribution >= 0.6 is 0 Å². The van der Waals surface area contributed by atoms with Crippen molar-refractivity contribution in [2.45, 2.75) is 13.0 Å². The van der Waals surface area contributed by atoms with Crippen LogP contribution in [0.15, 0.2) is 47.3 Å². The number of hydrogen-bond donors (Lipinski definition) is 2. The van der Waals surface area contributed by atoms with Crippen molar-refractivity contribution in [3.63, 3.8) is 0 Å². The quantitative estimate of drug-likeness (QED) is 0.867. The van der Waals surface area contributed by atoms with Gasteiger partial charge in [0.25, 0.3) is 5.56 Å². The van der Waals surface area contributed by atoms with Crippen LogP contribution in [-0.4, -0.2) is 27.4 Å². The van der Waals surface area contributed by atoms with Crippen LogP contribution in [0.25, 0.3) is 11.3 Å². The summed E-state index contributed by atoms with van der Waals surface area (Å²) in [4.78, 5) is 23.2. The van der Waals surface area contributed by atoms with Crippen molar-refractivity contribution in [2.24, 2.45) is 0 Å². The number of nitrogens with zero attached hydrogens (tertiary/aromatic N) is 1. The van der Waals surface area contributed by atoms with Gasteiger partial charge in [-0.15, -0.1) is 0 Å². The zero-order chi connectivity index (χ0) is 14.5. The Morgan fingerprint density at radius 3 is 2.40 bits per heavy atom. The molecule has 5 heteroatoms. The molecule has 0 saturated carbocycles. The molecule has 0 aliphatic rings. The third-order valence-corrected chi connectivity index (χ3v) is 3.01. The second-order valence-corrected chi connectivity index (χ2v) is 4.34. The first-order valence-corrected chi connectivity index (χ1v) is 6.28. The van der Waals surface area contributed by atoms with Crippen LogP contribution in [0.4, 0.5) is 0 Å². The summed E-state index contributed by atoms with van der Waals surface area (Å²) in [6.07, 6.45) is 0.392. The SMILES string of the molecule is O=C(O)c1ccc(-c2ccccc2)n(CCCO)c1=O. The summed E-state index contributed by atoms with van der Waals surface area (Å²) >= 11 is 0. The molecule has 0 aliphatic carbocycles. The Morgan fingerprint density at radius 2 is 1.80 bits per heavy atom. The van der Waals surface area contributed by atoms with E-state index in [1.54, 1.807) is 6.07 Å². The third-order valence-electron chi connectivity index (χ3n) is 3.01. The lowest BCUT2D eigenvalue weighted by atomic mass is 10.1. The van der Waals surface area contributed by atoms with Gasteiger partial charge in [-0.2, -0.15) is 0 Å². The lowest BCUT2D eigenvalue weighted by Crippen LogP contribution is -2.27. The van der Waals surface area contributed by atoms with E-state index in [9.17, 15) is 9.59 Å². The lowest BCUT2D eigenvalue weighted by molar-refractivity contribution is 0.0694. The first-order valence-electron chi connectivity index (χ1n) is 6.28. The molecule has 0 saturated heterocycles. The Bertz CT molecular complexity index is 661. The van der Waals surface area contributed by atoms with Crippen molar-refractivity contribution >= 4 is 5.97 Å². The summed E-state index contributed by atoms with van der Waals surface area (Å²) in [7, 11) is 0. The monoisotopic (exact) mass is 273 g/mol. The lowest BCUT2D eigenvalue weighted by Gasteiger charge is -2.13. The van der Waals surface area contributed by atoms with Crippen LogP contribution in [0.5, 0.6) is 0 Å². The van der Waals surface area contributed by atoms with Gasteiger partial charge in [0, 0.05) is 13.2 Å². The molecule has 0 amide bonds. The van der Waals surface area contributed by atoms with Gasteiger partial charge in [0.1, 0.15) is 5.56 Å². The molecular formula is C15H15NO4. The first kappa shape index (κ1) is 14.0. The molecule has 1 aromatic heterocycles. The van der Waals surface area contributed by atoms with Crippen LogP contribution in [-0.2, 0) is 6.54 Å². The van der Waals surface area contributed by atoms with Crippen molar-refractivity contribution in [3.8, 4) is 11.3 Å². The number of carbonyl (C=O) groups is 1. The third kappa shape index (κ3) is 2.78. The molecule has 0 radical (unpaired) electrons. The van der Waals surface area contributed by atoms with Crippen LogP contribution in [0.3, 0.4) is 0 Å². The van der Waals surface area contributed by atoms with Gasteiger partial charge in [0.15, 0.2) is 0 Å². The van der Waals surface area contributed by atoms with E-state index in [0.29, 0.717) is 12.1 Å². The molecule has 1 aromatic carbocycles. The molecule has 2 rings (SSSR count). The summed E-state index contributed by atoms with van der Waals surface area (Å²) in [6.45, 7) is 0.221. The molecule has 2 aromatic rings. The van der Waals surface area contributed by atoms with Crippen molar-refractivity contribution in [3.05, 3.63) is 58.4 Å². The van der Waals surface area contributed by atoms with Gasteiger partial charge in [-0.3, -0.25) is 4.79 Å². The molecule has 0 bridgehead atoms. The van der Waals surface area contributed by atoms with Gasteiger partial charge >= 0.3 is 5.97 Å². The summed E-state index contributed by atoms with van der Waals surface area (Å²) < 4.78 is 1.40. The largest absolute Gasteiger partial charge is 0.477 e. The number of pyridine rings is 1. The number of carboxylic acids is 1. The van der Waals surface area contributed by atoms with Crippen LogP contribution < -0.4 is 5.56 Å². The van der Waals surface area contributed by atoms with Crippen molar-refractivity contribution in [2.75, 3.05) is 6.61 Å². The maximum Gasteiger partial charge on any atom is 0.341 e. The van der Waals surface area contributed by atoms with E-state index in [0.717, 1.165) is 5.56 Å². The number of aliphatic hydroxyl groups is 1. The maximum absolute atomic E-state index is 12.2. The summed E-state index contributed by atoms with van der Waals surface area (Å²) in [5.74, 6) is -1.24. The Morgan fingerprint density at radius 1 is 1.10 bits per heavy atom. The number of aromatic carboxylic acids is 1. The number of aromatic nitrogens is 1. The molecular weight excluding hydrogens is 258 g/mol. The maximum atomic E-state index is 12.2. The number of benzene rings is 1. The predicted octanol–water partition coefficient (Wildman–Crippen LogP) is 1.60. The topological polar surface area (TPSA) is 79.5 Å². The minimum absolute atomic E-state index is 0.0576. The highest BCUT2D eigenvalue weighted by atomic mass is 16.4. The zero-order valence-electron chi connectivity index (χ0n) is 10.8. The summed E-state index contributed by atoms with van der Waals surface area (Å²) in [5.41, 5.74) is 0.670. The second kappa shape index (κ2) is 6.16. The number of carboxylic acid groups (broad SMARTS) is 1. The molecule has 104 valence electrons. The minimum atomic E-state index is -1.24. The van der Waals surface area contributed by atoms with Crippen LogP contribution in [0, 0.1) is 0 Å². The molecule has 0 atom stereocenters. The Kier molecular flexibility index (Phi) is 4.32. The Balaban J connectivity index is 2.60. The average molecular weight is 273 g/mol. The Hall–Kier alpha value is -2.40. The predicted molar refractivity (Wildman–Crippen MR) is 74.8 cm³/mol. The van der Waals surface area contributed by atoms with Gasteiger partial charge in [-0.05, 0) is 24.1 Å². The molecule has 0 spiro atoms. The molecule has 0 fully saturated rings. The van der Waals surface area contributed by atoms with E-state index in [4.69, 9.17) is 10.2 Å². The van der Waals surface area contributed by atoms with Crippen molar-refractivity contribution < 1.29 is 15.0 Å². The fourth-order valence-electron chi connectivity index (χ4n) is 2.05. The second-order valence-electron chi connectivity index (χ2n) is 4.34. The first-order chi connectivity index (χ1) is 9.65. The van der Waals surface area contributed by atoms with Gasteiger partial charge < -0.3 is 14.8 Å². The van der Waals surface area contributed by atoms with E-state index >= 15 is 0 Å². The van der Waals surface area contributed by atoms with Gasteiger partial charge in [-0.25, -0.2) is 4.79 Å². The fourth-order valence-corrected chi connectivity index (χ4v) is 2.05. The van der Waals surface area contributed by atoms with E-state index < -0.39 is 11.5 Å². The Labute approximate surface area is 115 Å². The molecule has 5 nitrogen and oxygen atoms in total. The van der Waals surface area contributed by atoms with Crippen molar-refractivity contribution in [1.29, 1.82) is 0 Å². The molecule has 2 N–H and O–H groups in total. The fraction of sp³-hybridized carbons (Fsp3) is 0.200. The standard InChI is InChI=1S/C15H15NO4/c17-10-4-9-16-13(11-5-2-1-3-6-11)8-7-12(14(16)18)15(19)20/h1-3,5-8,17H,4,9-10H2,(H,19,20). The van der Waals surface area contributed by atoms with Crippen molar-refractivity contribution in [1.82, 2.24) is 4.57 Å². The average Bonchev–Trinajstić information content (AvgIpc) is 2.46. The van der Waals surface area contributed by atoms with Gasteiger partial charge in [0.2, 0.25) is 0 Å². The van der Waals surface area contributed by atoms with E-state index in [-0.39, 0.29) is 18.7 Å². The normalized spacial score (nSPS) is 10.4. The zero-order valence-corrected chi connectivity index (χ0v) is 10.8. The van der Waals surface area contributed by atoms with Crippen LogP contribution in [0.1, 0.15) is 16.8 Å². The molecule has 20 heavy (non-hydrogen) atoms. The smallest absolute Gasteiger partial charge is 0.341 e. The number of hydrogen-bond acceptors (Lipinski definition) is 3. The van der Waals surface area contributed by atoms with E-state index in [1.807, 2.05) is 30.3 Å². The minimum Gasteiger partial charge on any atom is -0.477 e. The van der Waals surface area contributed by atoms with Gasteiger partial charge in [-0.1, -0.05) is 30.3 Å². The highest BCUT2D eigenvalue weighted by molar-refractivity contribution is 5.87. The molecule has 1 heterocycles. The number of rotatable bonds is 5.